The minimum atomic E-state index is 0.562. The number of rotatable bonds is 3. The second kappa shape index (κ2) is 5.23. The van der Waals surface area contributed by atoms with E-state index in [9.17, 15) is 0 Å². The molecule has 0 saturated heterocycles. The highest BCUT2D eigenvalue weighted by Gasteiger charge is 2.07. The maximum atomic E-state index is 5.96. The average molecular weight is 326 g/mol. The van der Waals surface area contributed by atoms with Gasteiger partial charge in [0.05, 0.1) is 9.26 Å². The summed E-state index contributed by atoms with van der Waals surface area (Å²) in [6, 6.07) is 0. The zero-order valence-corrected chi connectivity index (χ0v) is 11.4. The third-order valence-electron chi connectivity index (χ3n) is 1.81. The van der Waals surface area contributed by atoms with Crippen molar-refractivity contribution in [1.29, 1.82) is 0 Å². The predicted molar refractivity (Wildman–Crippen MR) is 66.8 cm³/mol. The van der Waals surface area contributed by atoms with Crippen LogP contribution in [-0.4, -0.2) is 35.5 Å². The molecule has 0 saturated carbocycles. The summed E-state index contributed by atoms with van der Waals surface area (Å²) in [5, 5.41) is 0.562. The molecule has 0 amide bonds. The highest BCUT2D eigenvalue weighted by Crippen LogP contribution is 2.18. The molecule has 0 radical (unpaired) electrons. The van der Waals surface area contributed by atoms with E-state index in [1.54, 1.807) is 0 Å². The molecule has 14 heavy (non-hydrogen) atoms. The second-order valence-corrected chi connectivity index (χ2v) is 4.82. The Morgan fingerprint density at radius 2 is 2.00 bits per heavy atom. The van der Waals surface area contributed by atoms with Gasteiger partial charge in [0.15, 0.2) is 0 Å². The third-order valence-corrected chi connectivity index (χ3v) is 3.69. The van der Waals surface area contributed by atoms with Crippen LogP contribution >= 0.6 is 34.2 Å². The van der Waals surface area contributed by atoms with Gasteiger partial charge in [0.2, 0.25) is 0 Å². The Bertz CT molecular complexity index is 305. The van der Waals surface area contributed by atoms with E-state index in [0.717, 1.165) is 28.1 Å². The largest absolute Gasteiger partial charge is 0.309 e. The number of likely N-dealkylation sites (N-methyl/N-ethyl adjacent to an activating group) is 1. The number of halogens is 2. The van der Waals surface area contributed by atoms with Gasteiger partial charge in [0.1, 0.15) is 11.0 Å². The van der Waals surface area contributed by atoms with Crippen LogP contribution in [0.15, 0.2) is 0 Å². The first-order chi connectivity index (χ1) is 6.50. The molecule has 5 heteroatoms. The van der Waals surface area contributed by atoms with Gasteiger partial charge in [-0.3, -0.25) is 0 Å². The van der Waals surface area contributed by atoms with Crippen LogP contribution in [-0.2, 0) is 6.42 Å². The lowest BCUT2D eigenvalue weighted by atomic mass is 10.3. The molecule has 78 valence electrons. The lowest BCUT2D eigenvalue weighted by molar-refractivity contribution is 0.409. The Labute approximate surface area is 103 Å². The van der Waals surface area contributed by atoms with E-state index in [-0.39, 0.29) is 0 Å². The van der Waals surface area contributed by atoms with Crippen molar-refractivity contribution in [1.82, 2.24) is 14.9 Å². The van der Waals surface area contributed by atoms with E-state index in [2.05, 4.69) is 37.5 Å². The van der Waals surface area contributed by atoms with Crippen molar-refractivity contribution in [3.8, 4) is 0 Å². The summed E-state index contributed by atoms with van der Waals surface area (Å²) in [6.07, 6.45) is 0.838. The number of aryl methyl sites for hydroxylation is 1. The molecule has 0 N–H and O–H groups in total. The normalized spacial score (nSPS) is 11.0. The number of hydrogen-bond acceptors (Lipinski definition) is 3. The first-order valence-electron chi connectivity index (χ1n) is 4.34. The molecule has 0 bridgehead atoms. The lowest BCUT2D eigenvalue weighted by Gasteiger charge is -2.09. The zero-order chi connectivity index (χ0) is 10.7. The van der Waals surface area contributed by atoms with Crippen LogP contribution in [0.5, 0.6) is 0 Å². The Hall–Kier alpha value is 0.0600. The van der Waals surface area contributed by atoms with Crippen LogP contribution in [0.3, 0.4) is 0 Å². The maximum Gasteiger partial charge on any atom is 0.146 e. The van der Waals surface area contributed by atoms with E-state index < -0.39 is 0 Å². The standard InChI is InChI=1S/C9H13ClIN3/c1-6-8(11)9(10)13-7(12-6)4-5-14(2)3/h4-5H2,1-3H3. The smallest absolute Gasteiger partial charge is 0.146 e. The van der Waals surface area contributed by atoms with E-state index in [0.29, 0.717) is 5.15 Å². The van der Waals surface area contributed by atoms with Gasteiger partial charge in [-0.15, -0.1) is 0 Å². The van der Waals surface area contributed by atoms with E-state index in [4.69, 9.17) is 11.6 Å². The minimum Gasteiger partial charge on any atom is -0.309 e. The highest BCUT2D eigenvalue weighted by atomic mass is 127. The van der Waals surface area contributed by atoms with Crippen LogP contribution < -0.4 is 0 Å². The number of aromatic nitrogens is 2. The van der Waals surface area contributed by atoms with Gasteiger partial charge in [-0.05, 0) is 43.6 Å². The van der Waals surface area contributed by atoms with Crippen LogP contribution in [0, 0.1) is 10.5 Å². The molecule has 1 heterocycles. The zero-order valence-electron chi connectivity index (χ0n) is 8.51. The summed E-state index contributed by atoms with van der Waals surface area (Å²) in [5.41, 5.74) is 0.958. The molecule has 0 unspecified atom stereocenters. The topological polar surface area (TPSA) is 29.0 Å². The predicted octanol–water partition coefficient (Wildman–Crippen LogP) is 2.15. The fraction of sp³-hybridized carbons (Fsp3) is 0.556. The minimum absolute atomic E-state index is 0.562. The molecule has 0 aromatic carbocycles. The molecule has 1 aromatic rings. The van der Waals surface area contributed by atoms with Crippen molar-refractivity contribution in [3.05, 3.63) is 20.2 Å². The summed E-state index contributed by atoms with van der Waals surface area (Å²) in [6.45, 7) is 2.89. The van der Waals surface area contributed by atoms with Crippen molar-refractivity contribution in [3.63, 3.8) is 0 Å². The highest BCUT2D eigenvalue weighted by molar-refractivity contribution is 14.1. The number of nitrogens with zero attached hydrogens (tertiary/aromatic N) is 3. The number of hydrogen-bond donors (Lipinski definition) is 0. The van der Waals surface area contributed by atoms with Crippen molar-refractivity contribution in [2.24, 2.45) is 0 Å². The third kappa shape index (κ3) is 3.33. The SMILES string of the molecule is Cc1nc(CCN(C)C)nc(Cl)c1I. The molecular weight excluding hydrogens is 312 g/mol. The van der Waals surface area contributed by atoms with Crippen molar-refractivity contribution in [2.75, 3.05) is 20.6 Å². The van der Waals surface area contributed by atoms with E-state index >= 15 is 0 Å². The van der Waals surface area contributed by atoms with E-state index in [1.807, 2.05) is 21.0 Å². The van der Waals surface area contributed by atoms with Crippen LogP contribution in [0.1, 0.15) is 11.5 Å². The second-order valence-electron chi connectivity index (χ2n) is 3.38. The molecule has 1 aromatic heterocycles. The molecule has 0 atom stereocenters. The van der Waals surface area contributed by atoms with Gasteiger partial charge in [-0.25, -0.2) is 9.97 Å². The van der Waals surface area contributed by atoms with Crippen LogP contribution in [0.25, 0.3) is 0 Å². The van der Waals surface area contributed by atoms with Crippen molar-refractivity contribution in [2.45, 2.75) is 13.3 Å². The van der Waals surface area contributed by atoms with Gasteiger partial charge in [-0.2, -0.15) is 0 Å². The van der Waals surface area contributed by atoms with Crippen LogP contribution in [0.4, 0.5) is 0 Å². The first-order valence-corrected chi connectivity index (χ1v) is 5.79. The molecule has 3 nitrogen and oxygen atoms in total. The molecule has 0 aliphatic rings. The van der Waals surface area contributed by atoms with Crippen molar-refractivity contribution < 1.29 is 0 Å². The summed E-state index contributed by atoms with van der Waals surface area (Å²) in [7, 11) is 4.06. The Balaban J connectivity index is 2.79. The molecular formula is C9H13ClIN3. The summed E-state index contributed by atoms with van der Waals surface area (Å²) in [5.74, 6) is 0.821. The van der Waals surface area contributed by atoms with Gasteiger partial charge in [0.25, 0.3) is 0 Å². The molecule has 0 aliphatic heterocycles. The van der Waals surface area contributed by atoms with E-state index in [1.165, 1.54) is 0 Å². The summed E-state index contributed by atoms with van der Waals surface area (Å²) >= 11 is 8.12. The average Bonchev–Trinajstić information content (AvgIpc) is 2.10. The molecule has 0 spiro atoms. The monoisotopic (exact) mass is 325 g/mol. The fourth-order valence-corrected chi connectivity index (χ4v) is 1.49. The Morgan fingerprint density at radius 3 is 2.50 bits per heavy atom. The van der Waals surface area contributed by atoms with Crippen molar-refractivity contribution >= 4 is 34.2 Å². The molecule has 0 aliphatic carbocycles. The van der Waals surface area contributed by atoms with Gasteiger partial charge in [-0.1, -0.05) is 11.6 Å². The first kappa shape index (κ1) is 12.1. The lowest BCUT2D eigenvalue weighted by Crippen LogP contribution is -2.16. The summed E-state index contributed by atoms with van der Waals surface area (Å²) in [4.78, 5) is 10.7. The molecule has 1 rings (SSSR count). The van der Waals surface area contributed by atoms with Gasteiger partial charge in [0, 0.05) is 13.0 Å². The quantitative estimate of drug-likeness (QED) is 0.630. The van der Waals surface area contributed by atoms with Gasteiger partial charge < -0.3 is 4.90 Å². The maximum absolute atomic E-state index is 5.96. The van der Waals surface area contributed by atoms with Gasteiger partial charge >= 0.3 is 0 Å². The summed E-state index contributed by atoms with van der Waals surface area (Å²) < 4.78 is 0.942. The van der Waals surface area contributed by atoms with Crippen LogP contribution in [0.2, 0.25) is 5.15 Å². The fourth-order valence-electron chi connectivity index (χ4n) is 1.01. The Morgan fingerprint density at radius 1 is 1.36 bits per heavy atom. The Kier molecular flexibility index (Phi) is 4.53. The molecule has 0 fully saturated rings.